The van der Waals surface area contributed by atoms with Gasteiger partial charge in [-0.3, -0.25) is 4.68 Å². The van der Waals surface area contributed by atoms with Crippen molar-refractivity contribution in [2.75, 3.05) is 11.1 Å². The van der Waals surface area contributed by atoms with Crippen LogP contribution in [0.1, 0.15) is 29.9 Å². The van der Waals surface area contributed by atoms with Gasteiger partial charge in [0.25, 0.3) is 0 Å². The van der Waals surface area contributed by atoms with Gasteiger partial charge in [0.2, 0.25) is 0 Å². The normalized spacial score (nSPS) is 12.0. The van der Waals surface area contributed by atoms with Crippen LogP contribution in [0.15, 0.2) is 66.9 Å². The van der Waals surface area contributed by atoms with Crippen molar-refractivity contribution >= 4 is 51.4 Å². The van der Waals surface area contributed by atoms with E-state index in [4.69, 9.17) is 43.8 Å². The zero-order valence-electron chi connectivity index (χ0n) is 22.6. The van der Waals surface area contributed by atoms with Gasteiger partial charge in [-0.05, 0) is 59.8 Å². The van der Waals surface area contributed by atoms with Crippen molar-refractivity contribution in [3.05, 3.63) is 99.7 Å². The fraction of sp³-hybridized carbons (Fsp3) is 0.172. The largest absolute Gasteiger partial charge is 0.490 e. The van der Waals surface area contributed by atoms with Crippen LogP contribution in [0.5, 0.6) is 0 Å². The van der Waals surface area contributed by atoms with Gasteiger partial charge in [-0.25, -0.2) is 19.2 Å². The Kier molecular flexibility index (Phi) is 9.41. The predicted molar refractivity (Wildman–Crippen MR) is 158 cm³/mol. The van der Waals surface area contributed by atoms with E-state index in [2.05, 4.69) is 15.4 Å². The second-order valence-electron chi connectivity index (χ2n) is 9.24. The Morgan fingerprint density at radius 3 is 2.51 bits per heavy atom. The molecule has 4 N–H and O–H groups in total. The van der Waals surface area contributed by atoms with E-state index >= 15 is 4.39 Å². The molecular formula is C29H24Cl2F4N6O2. The van der Waals surface area contributed by atoms with Crippen LogP contribution >= 0.6 is 23.2 Å². The second-order valence-corrected chi connectivity index (χ2v) is 10.0. The molecule has 3 aromatic carbocycles. The first-order valence-electron chi connectivity index (χ1n) is 12.6. The van der Waals surface area contributed by atoms with Crippen LogP contribution in [0.3, 0.4) is 0 Å². The highest BCUT2D eigenvalue weighted by molar-refractivity contribution is 6.43. The molecule has 1 atom stereocenters. The lowest BCUT2D eigenvalue weighted by molar-refractivity contribution is -0.192. The fourth-order valence-electron chi connectivity index (χ4n) is 4.21. The molecule has 1 unspecified atom stereocenters. The number of carboxylic acid groups (broad SMARTS) is 1. The average molecular weight is 635 g/mol. The number of halogens is 6. The maximum Gasteiger partial charge on any atom is 0.490 e. The SMILES string of the molecule is CCc1ccc(F)c(C(Nc2ccc3c(N)nccc3c2)c2nc(-c3cccc(Cl)c3Cl)nn2C)c1.O=C(O)C(F)(F)F. The fourth-order valence-corrected chi connectivity index (χ4v) is 4.60. The van der Waals surface area contributed by atoms with E-state index in [-0.39, 0.29) is 5.82 Å². The number of aliphatic carboxylic acids is 1. The topological polar surface area (TPSA) is 119 Å². The zero-order valence-corrected chi connectivity index (χ0v) is 24.1. The van der Waals surface area contributed by atoms with E-state index in [1.807, 2.05) is 37.3 Å². The van der Waals surface area contributed by atoms with Crippen molar-refractivity contribution in [2.45, 2.75) is 25.6 Å². The monoisotopic (exact) mass is 634 g/mol. The van der Waals surface area contributed by atoms with Gasteiger partial charge in [-0.2, -0.15) is 18.3 Å². The van der Waals surface area contributed by atoms with Gasteiger partial charge >= 0.3 is 12.1 Å². The van der Waals surface area contributed by atoms with Crippen molar-refractivity contribution in [3.63, 3.8) is 0 Å². The van der Waals surface area contributed by atoms with Crippen molar-refractivity contribution < 1.29 is 27.5 Å². The molecule has 224 valence electrons. The molecule has 14 heteroatoms. The van der Waals surface area contributed by atoms with E-state index in [1.54, 1.807) is 42.2 Å². The molecule has 0 spiro atoms. The summed E-state index contributed by atoms with van der Waals surface area (Å²) < 4.78 is 48.6. The zero-order chi connectivity index (χ0) is 31.5. The van der Waals surface area contributed by atoms with Crippen LogP contribution in [-0.2, 0) is 18.3 Å². The first-order valence-corrected chi connectivity index (χ1v) is 13.4. The number of nitrogens with two attached hydrogens (primary N) is 1. The van der Waals surface area contributed by atoms with Gasteiger partial charge in [0, 0.05) is 35.4 Å². The second kappa shape index (κ2) is 12.8. The Hall–Kier alpha value is -4.42. The Bertz CT molecular complexity index is 1800. The number of carboxylic acids is 1. The quantitative estimate of drug-likeness (QED) is 0.166. The summed E-state index contributed by atoms with van der Waals surface area (Å²) in [6.07, 6.45) is -2.66. The van der Waals surface area contributed by atoms with E-state index in [1.165, 1.54) is 6.07 Å². The smallest absolute Gasteiger partial charge is 0.475 e. The molecule has 5 rings (SSSR count). The van der Waals surface area contributed by atoms with Gasteiger partial charge < -0.3 is 16.2 Å². The third-order valence-corrected chi connectivity index (χ3v) is 7.19. The van der Waals surface area contributed by atoms with Gasteiger partial charge in [0.1, 0.15) is 17.7 Å². The molecule has 0 fully saturated rings. The summed E-state index contributed by atoms with van der Waals surface area (Å²) in [5.41, 5.74) is 8.86. The standard InChI is InChI=1S/C27H23Cl2FN6.C2HF3O2/c1-3-15-7-10-22(30)20(13-15)24(33-17-8-9-18-16(14-17)11-12-32-25(18)31)27-34-26(35-36(27)2)19-5-4-6-21(28)23(19)29;3-2(4,5)1(6)7/h4-14,24,33H,3H2,1-2H3,(H2,31,32);(H,6,7). The summed E-state index contributed by atoms with van der Waals surface area (Å²) in [5.74, 6) is -1.73. The van der Waals surface area contributed by atoms with Crippen molar-refractivity contribution in [3.8, 4) is 11.4 Å². The molecule has 8 nitrogen and oxygen atoms in total. The third-order valence-electron chi connectivity index (χ3n) is 6.38. The lowest BCUT2D eigenvalue weighted by Gasteiger charge is -2.21. The molecule has 0 aliphatic rings. The number of pyridine rings is 1. The Morgan fingerprint density at radius 1 is 1.12 bits per heavy atom. The molecular weight excluding hydrogens is 611 g/mol. The molecule has 0 radical (unpaired) electrons. The molecule has 43 heavy (non-hydrogen) atoms. The number of nitrogens with one attached hydrogen (secondary N) is 1. The minimum Gasteiger partial charge on any atom is -0.475 e. The number of aromatic nitrogens is 4. The first-order chi connectivity index (χ1) is 20.3. The maximum atomic E-state index is 15.3. The molecule has 0 amide bonds. The van der Waals surface area contributed by atoms with Crippen molar-refractivity contribution in [2.24, 2.45) is 7.05 Å². The summed E-state index contributed by atoms with van der Waals surface area (Å²) in [7, 11) is 1.77. The van der Waals surface area contributed by atoms with Crippen molar-refractivity contribution in [1.29, 1.82) is 0 Å². The van der Waals surface area contributed by atoms with Crippen molar-refractivity contribution in [1.82, 2.24) is 19.7 Å². The summed E-state index contributed by atoms with van der Waals surface area (Å²) in [4.78, 5) is 17.8. The minimum atomic E-state index is -5.08. The Balaban J connectivity index is 0.000000541. The number of nitrogen functional groups attached to an aromatic ring is 1. The van der Waals surface area contributed by atoms with Gasteiger partial charge in [0.05, 0.1) is 10.0 Å². The minimum absolute atomic E-state index is 0.343. The van der Waals surface area contributed by atoms with Crippen LogP contribution in [0.2, 0.25) is 10.0 Å². The van der Waals surface area contributed by atoms with E-state index < -0.39 is 18.2 Å². The van der Waals surface area contributed by atoms with Gasteiger partial charge in [0.15, 0.2) is 11.6 Å². The third kappa shape index (κ3) is 7.15. The molecule has 0 saturated heterocycles. The number of benzene rings is 3. The highest BCUT2D eigenvalue weighted by atomic mass is 35.5. The van der Waals surface area contributed by atoms with Gasteiger partial charge in [-0.1, -0.05) is 48.3 Å². The van der Waals surface area contributed by atoms with E-state index in [0.717, 1.165) is 28.4 Å². The summed E-state index contributed by atoms with van der Waals surface area (Å²) in [5, 5.41) is 17.7. The van der Waals surface area contributed by atoms with Gasteiger partial charge in [-0.15, -0.1) is 0 Å². The molecule has 2 heterocycles. The molecule has 0 saturated carbocycles. The predicted octanol–water partition coefficient (Wildman–Crippen LogP) is 7.46. The number of fused-ring (bicyclic) bond motifs is 1. The Labute approximate surface area is 253 Å². The summed E-state index contributed by atoms with van der Waals surface area (Å²) >= 11 is 12.7. The van der Waals surface area contributed by atoms with Crippen LogP contribution in [0, 0.1) is 5.82 Å². The van der Waals surface area contributed by atoms with E-state index in [9.17, 15) is 13.2 Å². The maximum absolute atomic E-state index is 15.3. The summed E-state index contributed by atoms with van der Waals surface area (Å²) in [6.45, 7) is 2.03. The molecule has 5 aromatic rings. The lowest BCUT2D eigenvalue weighted by atomic mass is 10.0. The number of carbonyl (C=O) groups is 1. The van der Waals surface area contributed by atoms with Crippen LogP contribution in [0.4, 0.5) is 29.1 Å². The number of hydrogen-bond donors (Lipinski definition) is 3. The molecule has 0 bridgehead atoms. The van der Waals surface area contributed by atoms with Crippen LogP contribution < -0.4 is 11.1 Å². The average Bonchev–Trinajstić information content (AvgIpc) is 3.34. The number of rotatable bonds is 6. The first kappa shape index (κ1) is 31.5. The molecule has 0 aliphatic carbocycles. The molecule has 2 aromatic heterocycles. The number of hydrogen-bond acceptors (Lipinski definition) is 6. The number of nitrogens with zero attached hydrogens (tertiary/aromatic N) is 4. The number of aryl methyl sites for hydroxylation is 2. The molecule has 0 aliphatic heterocycles. The lowest BCUT2D eigenvalue weighted by Crippen LogP contribution is -2.21. The Morgan fingerprint density at radius 2 is 1.84 bits per heavy atom. The van der Waals surface area contributed by atoms with Crippen LogP contribution in [0.25, 0.3) is 22.2 Å². The van der Waals surface area contributed by atoms with E-state index in [0.29, 0.717) is 38.6 Å². The highest BCUT2D eigenvalue weighted by Crippen LogP contribution is 2.35. The number of anilines is 2. The highest BCUT2D eigenvalue weighted by Gasteiger charge is 2.38. The number of alkyl halides is 3. The van der Waals surface area contributed by atoms with Crippen LogP contribution in [-0.4, -0.2) is 37.0 Å². The summed E-state index contributed by atoms with van der Waals surface area (Å²) in [6, 6.07) is 17.4.